The molecule has 0 N–H and O–H groups in total. The lowest BCUT2D eigenvalue weighted by Crippen LogP contribution is -2.24. The Balaban J connectivity index is 1.95. The zero-order valence-electron chi connectivity index (χ0n) is 11.8. The van der Waals surface area contributed by atoms with E-state index in [0.717, 1.165) is 28.7 Å². The number of hydrogen-bond acceptors (Lipinski definition) is 2. The van der Waals surface area contributed by atoms with Gasteiger partial charge in [0.2, 0.25) is 0 Å². The standard InChI is InChI=1S/C17H20BrNO/c1-14(13-19-11-3-2-4-12-19)5-10-17(20)15-6-8-16(18)9-7-15/h5-10,13H,2-4,11-12H2,1H3/b10-5-,14-13-. The van der Waals surface area contributed by atoms with Gasteiger partial charge in [0.1, 0.15) is 0 Å². The van der Waals surface area contributed by atoms with Gasteiger partial charge in [-0.15, -0.1) is 0 Å². The number of halogens is 1. The summed E-state index contributed by atoms with van der Waals surface area (Å²) >= 11 is 3.37. The number of rotatable bonds is 4. The molecular formula is C17H20BrNO. The van der Waals surface area contributed by atoms with Gasteiger partial charge in [-0.05, 0) is 62.1 Å². The lowest BCUT2D eigenvalue weighted by Gasteiger charge is -2.25. The van der Waals surface area contributed by atoms with Gasteiger partial charge in [-0.3, -0.25) is 4.79 Å². The van der Waals surface area contributed by atoms with E-state index >= 15 is 0 Å². The Morgan fingerprint density at radius 2 is 1.75 bits per heavy atom. The van der Waals surface area contributed by atoms with Gasteiger partial charge in [0.05, 0.1) is 0 Å². The van der Waals surface area contributed by atoms with Crippen molar-refractivity contribution >= 4 is 21.7 Å². The Morgan fingerprint density at radius 1 is 1.10 bits per heavy atom. The van der Waals surface area contributed by atoms with Crippen LogP contribution in [0.4, 0.5) is 0 Å². The summed E-state index contributed by atoms with van der Waals surface area (Å²) in [4.78, 5) is 14.4. The van der Waals surface area contributed by atoms with E-state index in [0.29, 0.717) is 0 Å². The average Bonchev–Trinajstić information content (AvgIpc) is 2.46. The van der Waals surface area contributed by atoms with Crippen molar-refractivity contribution in [2.75, 3.05) is 13.1 Å². The second-order valence-corrected chi connectivity index (χ2v) is 6.09. The SMILES string of the molecule is CC(/C=C\C(=O)c1ccc(Br)cc1)=C/N1CCCCC1. The highest BCUT2D eigenvalue weighted by Gasteiger charge is 2.06. The highest BCUT2D eigenvalue weighted by Crippen LogP contribution is 2.13. The minimum atomic E-state index is 0.0453. The lowest BCUT2D eigenvalue weighted by molar-refractivity contribution is 0.104. The molecule has 1 aliphatic rings. The Hall–Kier alpha value is -1.35. The van der Waals surface area contributed by atoms with Gasteiger partial charge in [0.25, 0.3) is 0 Å². The first-order valence-electron chi connectivity index (χ1n) is 7.05. The van der Waals surface area contributed by atoms with Crippen molar-refractivity contribution in [3.8, 4) is 0 Å². The molecule has 2 nitrogen and oxygen atoms in total. The number of piperidine rings is 1. The molecule has 1 aromatic carbocycles. The molecular weight excluding hydrogens is 314 g/mol. The van der Waals surface area contributed by atoms with Crippen molar-refractivity contribution in [1.29, 1.82) is 0 Å². The van der Waals surface area contributed by atoms with E-state index in [1.165, 1.54) is 19.3 Å². The highest BCUT2D eigenvalue weighted by molar-refractivity contribution is 9.10. The summed E-state index contributed by atoms with van der Waals surface area (Å²) in [6.07, 6.45) is 9.58. The van der Waals surface area contributed by atoms with E-state index in [1.807, 2.05) is 37.3 Å². The fourth-order valence-electron chi connectivity index (χ4n) is 2.30. The predicted molar refractivity (Wildman–Crippen MR) is 86.8 cm³/mol. The fourth-order valence-corrected chi connectivity index (χ4v) is 2.56. The molecule has 0 aliphatic carbocycles. The molecule has 0 bridgehead atoms. The van der Waals surface area contributed by atoms with Crippen LogP contribution in [0.15, 0.2) is 52.7 Å². The minimum absolute atomic E-state index is 0.0453. The van der Waals surface area contributed by atoms with Crippen molar-refractivity contribution in [3.05, 3.63) is 58.2 Å². The summed E-state index contributed by atoms with van der Waals surface area (Å²) < 4.78 is 0.985. The fraction of sp³-hybridized carbons (Fsp3) is 0.353. The van der Waals surface area contributed by atoms with Crippen molar-refractivity contribution in [3.63, 3.8) is 0 Å². The first-order valence-corrected chi connectivity index (χ1v) is 7.85. The zero-order chi connectivity index (χ0) is 14.4. The number of carbonyl (C=O) groups is 1. The van der Waals surface area contributed by atoms with Gasteiger partial charge in [-0.25, -0.2) is 0 Å². The number of allylic oxidation sites excluding steroid dienone is 3. The Bertz CT molecular complexity index is 510. The molecule has 2 rings (SSSR count). The molecule has 0 aromatic heterocycles. The molecule has 20 heavy (non-hydrogen) atoms. The third-order valence-electron chi connectivity index (χ3n) is 3.40. The molecule has 0 saturated carbocycles. The van der Waals surface area contributed by atoms with Gasteiger partial charge in [-0.2, -0.15) is 0 Å². The molecule has 1 fully saturated rings. The third kappa shape index (κ3) is 4.64. The van der Waals surface area contributed by atoms with Gasteiger partial charge in [0, 0.05) is 29.3 Å². The van der Waals surface area contributed by atoms with Crippen LogP contribution in [0.3, 0.4) is 0 Å². The number of carbonyl (C=O) groups excluding carboxylic acids is 1. The van der Waals surface area contributed by atoms with Crippen LogP contribution in [0.1, 0.15) is 36.5 Å². The number of nitrogens with zero attached hydrogens (tertiary/aromatic N) is 1. The molecule has 0 radical (unpaired) electrons. The predicted octanol–water partition coefficient (Wildman–Crippen LogP) is 4.58. The van der Waals surface area contributed by atoms with Gasteiger partial charge in [-0.1, -0.05) is 22.0 Å². The smallest absolute Gasteiger partial charge is 0.185 e. The molecule has 1 aromatic rings. The Labute approximate surface area is 129 Å². The maximum Gasteiger partial charge on any atom is 0.185 e. The summed E-state index contributed by atoms with van der Waals surface area (Å²) in [7, 11) is 0. The summed E-state index contributed by atoms with van der Waals surface area (Å²) in [6.45, 7) is 4.30. The van der Waals surface area contributed by atoms with E-state index in [2.05, 4.69) is 27.0 Å². The number of likely N-dealkylation sites (tertiary alicyclic amines) is 1. The average molecular weight is 334 g/mol. The van der Waals surface area contributed by atoms with Crippen LogP contribution in [0.2, 0.25) is 0 Å². The number of hydrogen-bond donors (Lipinski definition) is 0. The summed E-state index contributed by atoms with van der Waals surface area (Å²) in [5.41, 5.74) is 1.84. The second-order valence-electron chi connectivity index (χ2n) is 5.17. The zero-order valence-corrected chi connectivity index (χ0v) is 13.4. The third-order valence-corrected chi connectivity index (χ3v) is 3.93. The first-order chi connectivity index (χ1) is 9.65. The Morgan fingerprint density at radius 3 is 2.40 bits per heavy atom. The summed E-state index contributed by atoms with van der Waals surface area (Å²) in [5.74, 6) is 0.0453. The Kier molecular flexibility index (Phi) is 5.60. The maximum absolute atomic E-state index is 12.0. The summed E-state index contributed by atoms with van der Waals surface area (Å²) in [5, 5.41) is 0. The van der Waals surface area contributed by atoms with Crippen molar-refractivity contribution in [1.82, 2.24) is 4.90 Å². The van der Waals surface area contributed by atoms with E-state index < -0.39 is 0 Å². The van der Waals surface area contributed by atoms with Crippen molar-refractivity contribution < 1.29 is 4.79 Å². The van der Waals surface area contributed by atoms with Crippen LogP contribution in [0, 0.1) is 0 Å². The largest absolute Gasteiger partial charge is 0.377 e. The molecule has 3 heteroatoms. The van der Waals surface area contributed by atoms with E-state index in [9.17, 15) is 4.79 Å². The minimum Gasteiger partial charge on any atom is -0.377 e. The highest BCUT2D eigenvalue weighted by atomic mass is 79.9. The molecule has 1 aliphatic heterocycles. The van der Waals surface area contributed by atoms with Gasteiger partial charge < -0.3 is 4.90 Å². The van der Waals surface area contributed by atoms with Crippen molar-refractivity contribution in [2.24, 2.45) is 0 Å². The molecule has 0 atom stereocenters. The van der Waals surface area contributed by atoms with Crippen LogP contribution in [0.25, 0.3) is 0 Å². The molecule has 0 spiro atoms. The topological polar surface area (TPSA) is 20.3 Å². The van der Waals surface area contributed by atoms with Crippen LogP contribution in [-0.4, -0.2) is 23.8 Å². The molecule has 0 unspecified atom stereocenters. The van der Waals surface area contributed by atoms with Crippen LogP contribution < -0.4 is 0 Å². The van der Waals surface area contributed by atoms with Crippen LogP contribution in [0.5, 0.6) is 0 Å². The maximum atomic E-state index is 12.0. The normalized spacial score (nSPS) is 16.7. The van der Waals surface area contributed by atoms with Gasteiger partial charge in [0.15, 0.2) is 5.78 Å². The molecule has 1 saturated heterocycles. The van der Waals surface area contributed by atoms with Crippen molar-refractivity contribution in [2.45, 2.75) is 26.2 Å². The first kappa shape index (κ1) is 15.0. The number of ketones is 1. The lowest BCUT2D eigenvalue weighted by atomic mass is 10.1. The van der Waals surface area contributed by atoms with E-state index in [4.69, 9.17) is 0 Å². The molecule has 1 heterocycles. The van der Waals surface area contributed by atoms with Crippen LogP contribution >= 0.6 is 15.9 Å². The molecule has 0 amide bonds. The van der Waals surface area contributed by atoms with E-state index in [-0.39, 0.29) is 5.78 Å². The number of benzene rings is 1. The quantitative estimate of drug-likeness (QED) is 0.456. The molecule has 106 valence electrons. The summed E-state index contributed by atoms with van der Waals surface area (Å²) in [6, 6.07) is 7.44. The van der Waals surface area contributed by atoms with E-state index in [1.54, 1.807) is 6.08 Å². The van der Waals surface area contributed by atoms with Gasteiger partial charge >= 0.3 is 0 Å². The van der Waals surface area contributed by atoms with Crippen LogP contribution in [-0.2, 0) is 0 Å². The second kappa shape index (κ2) is 7.44. The monoisotopic (exact) mass is 333 g/mol.